The number of aryl methyl sites for hydroxylation is 2. The number of thioether (sulfide) groups is 1. The summed E-state index contributed by atoms with van der Waals surface area (Å²) >= 11 is 1.33. The first-order chi connectivity index (χ1) is 16.4. The minimum absolute atomic E-state index is 0.0322. The minimum atomic E-state index is -0.549. The zero-order valence-corrected chi connectivity index (χ0v) is 21.0. The van der Waals surface area contributed by atoms with Gasteiger partial charge in [0.05, 0.1) is 19.9 Å². The Kier molecular flexibility index (Phi) is 8.95. The standard InChI is InChI=1S/C25H31N3O5S/c1-16-7-8-17(2)19(13-16)27-25-28(11-6-12-31-3)24(30)22(34-25)15-23(29)26-18-9-10-20(32-4)21(14-18)33-5/h7-10,13-14,22H,6,11-12,15H2,1-5H3,(H,26,29). The van der Waals surface area contributed by atoms with Crippen molar-refractivity contribution in [2.24, 2.45) is 4.99 Å². The Morgan fingerprint density at radius 1 is 1.09 bits per heavy atom. The van der Waals surface area contributed by atoms with Crippen LogP contribution in [0.3, 0.4) is 0 Å². The van der Waals surface area contributed by atoms with Crippen molar-refractivity contribution < 1.29 is 23.8 Å². The van der Waals surface area contributed by atoms with Crippen LogP contribution in [-0.2, 0) is 14.3 Å². The molecule has 34 heavy (non-hydrogen) atoms. The van der Waals surface area contributed by atoms with E-state index in [1.165, 1.54) is 18.9 Å². The predicted molar refractivity (Wildman–Crippen MR) is 135 cm³/mol. The molecule has 1 N–H and O–H groups in total. The lowest BCUT2D eigenvalue weighted by Crippen LogP contribution is -2.34. The van der Waals surface area contributed by atoms with Gasteiger partial charge in [-0.1, -0.05) is 23.9 Å². The van der Waals surface area contributed by atoms with Gasteiger partial charge in [-0.05, 0) is 49.6 Å². The van der Waals surface area contributed by atoms with Crippen molar-refractivity contribution in [1.29, 1.82) is 0 Å². The van der Waals surface area contributed by atoms with Crippen LogP contribution in [0.1, 0.15) is 24.0 Å². The van der Waals surface area contributed by atoms with E-state index in [0.717, 1.165) is 16.8 Å². The second-order valence-electron chi connectivity index (χ2n) is 7.95. The SMILES string of the molecule is COCCCN1C(=O)C(CC(=O)Nc2ccc(OC)c(OC)c2)SC1=Nc1cc(C)ccc1C. The molecule has 1 aliphatic rings. The Morgan fingerprint density at radius 3 is 2.56 bits per heavy atom. The van der Waals surface area contributed by atoms with Crippen molar-refractivity contribution >= 4 is 40.1 Å². The number of ether oxygens (including phenoxy) is 3. The van der Waals surface area contributed by atoms with E-state index in [9.17, 15) is 9.59 Å². The maximum absolute atomic E-state index is 13.2. The normalized spacial score (nSPS) is 16.7. The van der Waals surface area contributed by atoms with Crippen molar-refractivity contribution in [3.05, 3.63) is 47.5 Å². The molecule has 1 heterocycles. The van der Waals surface area contributed by atoms with Gasteiger partial charge < -0.3 is 19.5 Å². The summed E-state index contributed by atoms with van der Waals surface area (Å²) in [6, 6.07) is 11.2. The van der Waals surface area contributed by atoms with Crippen LogP contribution in [0.4, 0.5) is 11.4 Å². The third-order valence-electron chi connectivity index (χ3n) is 5.37. The lowest BCUT2D eigenvalue weighted by atomic mass is 10.1. The maximum Gasteiger partial charge on any atom is 0.242 e. The van der Waals surface area contributed by atoms with Gasteiger partial charge in [-0.15, -0.1) is 0 Å². The number of amidine groups is 1. The molecule has 0 radical (unpaired) electrons. The van der Waals surface area contributed by atoms with E-state index >= 15 is 0 Å². The van der Waals surface area contributed by atoms with Crippen LogP contribution in [0.5, 0.6) is 11.5 Å². The summed E-state index contributed by atoms with van der Waals surface area (Å²) in [6.07, 6.45) is 0.712. The highest BCUT2D eigenvalue weighted by Gasteiger charge is 2.39. The summed E-state index contributed by atoms with van der Waals surface area (Å²) < 4.78 is 15.7. The van der Waals surface area contributed by atoms with Gasteiger partial charge in [0.2, 0.25) is 11.8 Å². The van der Waals surface area contributed by atoms with Crippen LogP contribution in [0.25, 0.3) is 0 Å². The minimum Gasteiger partial charge on any atom is -0.493 e. The first kappa shape index (κ1) is 25.6. The number of anilines is 1. The fraction of sp³-hybridized carbons (Fsp3) is 0.400. The number of hydrogen-bond acceptors (Lipinski definition) is 7. The van der Waals surface area contributed by atoms with Gasteiger partial charge in [0, 0.05) is 38.4 Å². The largest absolute Gasteiger partial charge is 0.493 e. The molecule has 1 atom stereocenters. The summed E-state index contributed by atoms with van der Waals surface area (Å²) in [5, 5.41) is 2.91. The molecular weight excluding hydrogens is 454 g/mol. The quantitative estimate of drug-likeness (QED) is 0.504. The summed E-state index contributed by atoms with van der Waals surface area (Å²) in [5.41, 5.74) is 3.51. The topological polar surface area (TPSA) is 89.5 Å². The van der Waals surface area contributed by atoms with Gasteiger partial charge in [0.25, 0.3) is 0 Å². The van der Waals surface area contributed by atoms with E-state index in [4.69, 9.17) is 19.2 Å². The van der Waals surface area contributed by atoms with Crippen LogP contribution in [0, 0.1) is 13.8 Å². The predicted octanol–water partition coefficient (Wildman–Crippen LogP) is 4.32. The molecule has 1 fully saturated rings. The highest BCUT2D eigenvalue weighted by atomic mass is 32.2. The van der Waals surface area contributed by atoms with E-state index < -0.39 is 5.25 Å². The summed E-state index contributed by atoms with van der Waals surface area (Å²) in [6.45, 7) is 5.02. The van der Waals surface area contributed by atoms with Crippen molar-refractivity contribution in [2.75, 3.05) is 39.8 Å². The number of methoxy groups -OCH3 is 3. The van der Waals surface area contributed by atoms with Gasteiger partial charge in [0.1, 0.15) is 5.25 Å². The molecule has 2 amide bonds. The number of carbonyl (C=O) groups excluding carboxylic acids is 2. The lowest BCUT2D eigenvalue weighted by Gasteiger charge is -2.16. The molecule has 0 saturated carbocycles. The third-order valence-corrected chi connectivity index (χ3v) is 6.54. The number of amides is 2. The van der Waals surface area contributed by atoms with Crippen LogP contribution < -0.4 is 14.8 Å². The molecule has 1 aliphatic heterocycles. The van der Waals surface area contributed by atoms with Gasteiger partial charge >= 0.3 is 0 Å². The van der Waals surface area contributed by atoms with E-state index in [2.05, 4.69) is 5.32 Å². The summed E-state index contributed by atoms with van der Waals surface area (Å²) in [7, 11) is 4.72. The van der Waals surface area contributed by atoms with Gasteiger partial charge in [-0.25, -0.2) is 4.99 Å². The van der Waals surface area contributed by atoms with Crippen LogP contribution in [0.15, 0.2) is 41.4 Å². The van der Waals surface area contributed by atoms with E-state index in [-0.39, 0.29) is 18.2 Å². The van der Waals surface area contributed by atoms with E-state index in [1.54, 1.807) is 37.3 Å². The average Bonchev–Trinajstić information content (AvgIpc) is 3.10. The van der Waals surface area contributed by atoms with Crippen molar-refractivity contribution in [1.82, 2.24) is 4.90 Å². The molecule has 3 rings (SSSR count). The van der Waals surface area contributed by atoms with E-state index in [0.29, 0.717) is 41.9 Å². The summed E-state index contributed by atoms with van der Waals surface area (Å²) in [4.78, 5) is 32.4. The highest BCUT2D eigenvalue weighted by Crippen LogP contribution is 2.34. The van der Waals surface area contributed by atoms with Crippen molar-refractivity contribution in [3.63, 3.8) is 0 Å². The molecule has 182 valence electrons. The molecule has 2 aromatic rings. The van der Waals surface area contributed by atoms with Crippen molar-refractivity contribution in [3.8, 4) is 11.5 Å². The van der Waals surface area contributed by atoms with Crippen LogP contribution in [-0.4, -0.2) is 61.6 Å². The average molecular weight is 486 g/mol. The number of carbonyl (C=O) groups is 2. The third kappa shape index (κ3) is 6.30. The number of nitrogens with one attached hydrogen (secondary N) is 1. The Balaban J connectivity index is 1.76. The van der Waals surface area contributed by atoms with E-state index in [1.807, 2.05) is 32.0 Å². The fourth-order valence-electron chi connectivity index (χ4n) is 3.54. The lowest BCUT2D eigenvalue weighted by molar-refractivity contribution is -0.128. The van der Waals surface area contributed by atoms with Gasteiger partial charge in [-0.3, -0.25) is 14.5 Å². The fourth-order valence-corrected chi connectivity index (χ4v) is 4.71. The molecule has 1 saturated heterocycles. The van der Waals surface area contributed by atoms with Crippen LogP contribution in [0.2, 0.25) is 0 Å². The van der Waals surface area contributed by atoms with Gasteiger partial charge in [0.15, 0.2) is 16.7 Å². The maximum atomic E-state index is 13.2. The molecule has 0 bridgehead atoms. The zero-order valence-electron chi connectivity index (χ0n) is 20.2. The number of nitrogens with zero attached hydrogens (tertiary/aromatic N) is 2. The first-order valence-electron chi connectivity index (χ1n) is 11.0. The molecule has 0 aromatic heterocycles. The van der Waals surface area contributed by atoms with Gasteiger partial charge in [-0.2, -0.15) is 0 Å². The second-order valence-corrected chi connectivity index (χ2v) is 9.12. The van der Waals surface area contributed by atoms with Crippen LogP contribution >= 0.6 is 11.8 Å². The van der Waals surface area contributed by atoms with Crippen molar-refractivity contribution in [2.45, 2.75) is 31.9 Å². The zero-order chi connectivity index (χ0) is 24.7. The smallest absolute Gasteiger partial charge is 0.242 e. The summed E-state index contributed by atoms with van der Waals surface area (Å²) in [5.74, 6) is 0.704. The number of rotatable bonds is 10. The highest BCUT2D eigenvalue weighted by molar-refractivity contribution is 8.15. The first-order valence-corrected chi connectivity index (χ1v) is 11.9. The molecule has 9 heteroatoms. The number of aliphatic imine (C=N–C) groups is 1. The Hall–Kier alpha value is -3.04. The Morgan fingerprint density at radius 2 is 1.85 bits per heavy atom. The Bertz CT molecular complexity index is 1070. The molecule has 8 nitrogen and oxygen atoms in total. The molecule has 1 unspecified atom stereocenters. The molecular formula is C25H31N3O5S. The number of hydrogen-bond donors (Lipinski definition) is 1. The Labute approximate surface area is 204 Å². The molecule has 0 spiro atoms. The monoisotopic (exact) mass is 485 g/mol. The second kappa shape index (κ2) is 11.9. The number of benzene rings is 2. The molecule has 0 aliphatic carbocycles. The molecule has 2 aromatic carbocycles.